The molecule has 220 valence electrons. The number of fused-ring (bicyclic) bond motifs is 3. The van der Waals surface area contributed by atoms with Crippen LogP contribution in [0.25, 0.3) is 0 Å². The second-order valence-corrected chi connectivity index (χ2v) is 11.8. The van der Waals surface area contributed by atoms with Crippen molar-refractivity contribution in [3.63, 3.8) is 0 Å². The van der Waals surface area contributed by atoms with Gasteiger partial charge in [0.05, 0.1) is 35.3 Å². The van der Waals surface area contributed by atoms with E-state index in [1.165, 1.54) is 6.07 Å². The fourth-order valence-electron chi connectivity index (χ4n) is 5.62. The molecule has 8 heteroatoms. The third-order valence-electron chi connectivity index (χ3n) is 7.83. The van der Waals surface area contributed by atoms with Gasteiger partial charge in [-0.15, -0.1) is 0 Å². The molecule has 5 nitrogen and oxygen atoms in total. The van der Waals surface area contributed by atoms with Crippen molar-refractivity contribution in [2.45, 2.75) is 50.9 Å². The van der Waals surface area contributed by atoms with Crippen LogP contribution < -0.4 is 10.1 Å². The first-order chi connectivity index (χ1) is 20.5. The van der Waals surface area contributed by atoms with Crippen LogP contribution in [0, 0.1) is 0 Å². The highest BCUT2D eigenvalue weighted by molar-refractivity contribution is 6.02. The lowest BCUT2D eigenvalue weighted by Crippen LogP contribution is -2.15. The molecule has 1 aliphatic carbocycles. The van der Waals surface area contributed by atoms with Crippen LogP contribution in [0.3, 0.4) is 0 Å². The minimum Gasteiger partial charge on any atom is -0.497 e. The molecule has 0 spiro atoms. The Bertz CT molecular complexity index is 1740. The van der Waals surface area contributed by atoms with E-state index in [1.54, 1.807) is 19.4 Å². The van der Waals surface area contributed by atoms with Crippen LogP contribution in [0.5, 0.6) is 5.75 Å². The quantitative estimate of drug-likeness (QED) is 0.231. The predicted molar refractivity (Wildman–Crippen MR) is 164 cm³/mol. The number of para-hydroxylation sites is 1. The van der Waals surface area contributed by atoms with E-state index in [0.717, 1.165) is 40.1 Å². The maximum Gasteiger partial charge on any atom is 0.416 e. The summed E-state index contributed by atoms with van der Waals surface area (Å²) < 4.78 is 53.2. The van der Waals surface area contributed by atoms with Crippen molar-refractivity contribution in [2.24, 2.45) is 9.98 Å². The van der Waals surface area contributed by atoms with Gasteiger partial charge in [-0.25, -0.2) is 4.99 Å². The summed E-state index contributed by atoms with van der Waals surface area (Å²) in [5, 5.41) is 3.34. The van der Waals surface area contributed by atoms with E-state index >= 15 is 0 Å². The lowest BCUT2D eigenvalue weighted by molar-refractivity contribution is -0.137. The predicted octanol–water partition coefficient (Wildman–Crippen LogP) is 8.95. The molecule has 0 saturated carbocycles. The molecule has 1 aliphatic heterocycles. The average molecular weight is 584 g/mol. The zero-order chi connectivity index (χ0) is 30.4. The number of nitrogens with one attached hydrogen (secondary N) is 1. The summed E-state index contributed by atoms with van der Waals surface area (Å²) in [5.41, 5.74) is 5.27. The molecule has 0 amide bonds. The van der Waals surface area contributed by atoms with Crippen LogP contribution in [0.1, 0.15) is 60.2 Å². The molecule has 43 heavy (non-hydrogen) atoms. The smallest absolute Gasteiger partial charge is 0.416 e. The van der Waals surface area contributed by atoms with E-state index in [1.807, 2.05) is 54.6 Å². The third-order valence-corrected chi connectivity index (χ3v) is 7.83. The Morgan fingerprint density at radius 3 is 2.47 bits per heavy atom. The first-order valence-corrected chi connectivity index (χ1v) is 14.1. The summed E-state index contributed by atoms with van der Waals surface area (Å²) >= 11 is 0. The number of methoxy groups -OCH3 is 1. The molecule has 0 radical (unpaired) electrons. The Morgan fingerprint density at radius 1 is 0.930 bits per heavy atom. The van der Waals surface area contributed by atoms with Gasteiger partial charge in [0, 0.05) is 24.3 Å². The van der Waals surface area contributed by atoms with Crippen molar-refractivity contribution < 1.29 is 22.6 Å². The summed E-state index contributed by atoms with van der Waals surface area (Å²) in [6.45, 7) is 6.40. The standard InChI is InChI=1S/C35H32F3N3O2/c1-34(2,3)27-11-7-8-12-29(27)39-20-22-13-15-24(42-4)19-30(22)40-28-16-14-23(35(36,37)38)18-26(28)33-41-32-25-10-6-5-9-21(25)17-31(32)43-33/h5-16,18-20,31-32,40H,17H2,1-4H3/t31-,32+/m1/s1. The molecule has 0 saturated heterocycles. The summed E-state index contributed by atoms with van der Waals surface area (Å²) in [5.74, 6) is 0.777. The monoisotopic (exact) mass is 583 g/mol. The molecule has 4 aromatic rings. The number of hydrogen-bond donors (Lipinski definition) is 1. The highest BCUT2D eigenvalue weighted by atomic mass is 19.4. The first kappa shape index (κ1) is 28.5. The molecule has 0 bridgehead atoms. The number of rotatable bonds is 6. The molecule has 0 aromatic heterocycles. The minimum atomic E-state index is -4.52. The first-order valence-electron chi connectivity index (χ1n) is 14.1. The number of hydrogen-bond acceptors (Lipinski definition) is 5. The van der Waals surface area contributed by atoms with Gasteiger partial charge >= 0.3 is 6.18 Å². The third kappa shape index (κ3) is 5.74. The molecule has 2 atom stereocenters. The van der Waals surface area contributed by atoms with E-state index < -0.39 is 11.7 Å². The van der Waals surface area contributed by atoms with Gasteiger partial charge in [0.25, 0.3) is 0 Å². The number of alkyl halides is 3. The molecule has 4 aromatic carbocycles. The maximum absolute atomic E-state index is 13.8. The van der Waals surface area contributed by atoms with Gasteiger partial charge in [-0.05, 0) is 58.5 Å². The molecular formula is C35H32F3N3O2. The van der Waals surface area contributed by atoms with Crippen molar-refractivity contribution in [2.75, 3.05) is 12.4 Å². The summed E-state index contributed by atoms with van der Waals surface area (Å²) in [6.07, 6.45) is -2.37. The van der Waals surface area contributed by atoms with Crippen LogP contribution in [-0.4, -0.2) is 25.3 Å². The number of ether oxygens (including phenoxy) is 2. The van der Waals surface area contributed by atoms with Crippen LogP contribution in [0.15, 0.2) is 94.9 Å². The van der Waals surface area contributed by atoms with Crippen molar-refractivity contribution in [3.05, 3.63) is 118 Å². The second-order valence-electron chi connectivity index (χ2n) is 11.8. The maximum atomic E-state index is 13.8. The number of aliphatic imine (C=N–C) groups is 2. The Labute approximate surface area is 249 Å². The van der Waals surface area contributed by atoms with Crippen LogP contribution in [0.4, 0.5) is 30.2 Å². The summed E-state index contributed by atoms with van der Waals surface area (Å²) in [6, 6.07) is 24.7. The Morgan fingerprint density at radius 2 is 1.70 bits per heavy atom. The van der Waals surface area contributed by atoms with Gasteiger partial charge < -0.3 is 14.8 Å². The normalized spacial score (nSPS) is 17.8. The van der Waals surface area contributed by atoms with E-state index in [9.17, 15) is 13.2 Å². The molecule has 1 heterocycles. The lowest BCUT2D eigenvalue weighted by Gasteiger charge is -2.21. The van der Waals surface area contributed by atoms with E-state index in [2.05, 4.69) is 32.2 Å². The molecule has 6 rings (SSSR count). The van der Waals surface area contributed by atoms with E-state index in [-0.39, 0.29) is 29.0 Å². The highest BCUT2D eigenvalue weighted by Gasteiger charge is 2.40. The fraction of sp³-hybridized carbons (Fsp3) is 0.257. The largest absolute Gasteiger partial charge is 0.497 e. The number of nitrogens with zero attached hydrogens (tertiary/aromatic N) is 2. The molecule has 2 aliphatic rings. The van der Waals surface area contributed by atoms with Crippen LogP contribution in [-0.2, 0) is 22.7 Å². The van der Waals surface area contributed by atoms with E-state index in [4.69, 9.17) is 19.5 Å². The van der Waals surface area contributed by atoms with Gasteiger partial charge in [0.2, 0.25) is 5.90 Å². The van der Waals surface area contributed by atoms with Crippen molar-refractivity contribution in [1.82, 2.24) is 0 Å². The molecule has 1 N–H and O–H groups in total. The Hall–Kier alpha value is -4.59. The zero-order valence-electron chi connectivity index (χ0n) is 24.4. The van der Waals surface area contributed by atoms with Gasteiger partial charge in [-0.2, -0.15) is 13.2 Å². The number of anilines is 2. The molecule has 0 unspecified atom stereocenters. The van der Waals surface area contributed by atoms with Gasteiger partial charge in [-0.3, -0.25) is 4.99 Å². The Balaban J connectivity index is 1.40. The van der Waals surface area contributed by atoms with Crippen molar-refractivity contribution in [3.8, 4) is 5.75 Å². The lowest BCUT2D eigenvalue weighted by atomic mass is 9.86. The summed E-state index contributed by atoms with van der Waals surface area (Å²) in [4.78, 5) is 9.59. The van der Waals surface area contributed by atoms with Gasteiger partial charge in [0.1, 0.15) is 17.9 Å². The van der Waals surface area contributed by atoms with Crippen LogP contribution >= 0.6 is 0 Å². The minimum absolute atomic E-state index is 0.106. The molecular weight excluding hydrogens is 551 g/mol. The van der Waals surface area contributed by atoms with Crippen molar-refractivity contribution in [1.29, 1.82) is 0 Å². The number of halogens is 3. The van der Waals surface area contributed by atoms with E-state index in [0.29, 0.717) is 23.5 Å². The fourth-order valence-corrected chi connectivity index (χ4v) is 5.62. The van der Waals surface area contributed by atoms with Crippen molar-refractivity contribution >= 4 is 29.2 Å². The summed E-state index contributed by atoms with van der Waals surface area (Å²) in [7, 11) is 1.56. The topological polar surface area (TPSA) is 55.2 Å². The molecule has 0 fully saturated rings. The number of benzene rings is 4. The van der Waals surface area contributed by atoms with Gasteiger partial charge in [0.15, 0.2) is 0 Å². The Kier molecular flexibility index (Phi) is 7.24. The zero-order valence-corrected chi connectivity index (χ0v) is 24.4. The average Bonchev–Trinajstić information content (AvgIpc) is 3.54. The second kappa shape index (κ2) is 10.9. The highest BCUT2D eigenvalue weighted by Crippen LogP contribution is 2.43. The van der Waals surface area contributed by atoms with Gasteiger partial charge in [-0.1, -0.05) is 63.2 Å². The van der Waals surface area contributed by atoms with Crippen LogP contribution in [0.2, 0.25) is 0 Å². The SMILES string of the molecule is COc1ccc(C=Nc2ccccc2C(C)(C)C)c(Nc2ccc(C(F)(F)F)cc2C2=N[C@H]3c4ccccc4C[C@H]3O2)c1.